The van der Waals surface area contributed by atoms with Crippen molar-refractivity contribution in [2.24, 2.45) is 0 Å². The molecule has 0 aliphatic heterocycles. The normalized spacial score (nSPS) is 13.7. The van der Waals surface area contributed by atoms with Gasteiger partial charge in [-0.15, -0.1) is 0 Å². The number of ketones is 1. The van der Waals surface area contributed by atoms with Crippen molar-refractivity contribution in [3.05, 3.63) is 69.3 Å². The summed E-state index contributed by atoms with van der Waals surface area (Å²) < 4.78 is 0. The van der Waals surface area contributed by atoms with Gasteiger partial charge in [0.05, 0.1) is 9.65 Å². The number of alkyl halides is 2. The maximum Gasteiger partial charge on any atom is 0.178 e. The van der Waals surface area contributed by atoms with Gasteiger partial charge in [0.25, 0.3) is 0 Å². The predicted octanol–water partition coefficient (Wildman–Crippen LogP) is 6.31. The Labute approximate surface area is 155 Å². The summed E-state index contributed by atoms with van der Waals surface area (Å²) in [5.74, 6) is 0.136. The summed E-state index contributed by atoms with van der Waals surface area (Å²) in [6.07, 6.45) is 0. The predicted molar refractivity (Wildman–Crippen MR) is 105 cm³/mol. The Morgan fingerprint density at radius 3 is 1.70 bits per heavy atom. The molecule has 2 rings (SSSR count). The van der Waals surface area contributed by atoms with E-state index in [1.807, 2.05) is 44.2 Å². The lowest BCUT2D eigenvalue weighted by Crippen LogP contribution is -2.22. The van der Waals surface area contributed by atoms with Crippen LogP contribution in [0.1, 0.15) is 48.6 Å². The van der Waals surface area contributed by atoms with E-state index in [4.69, 9.17) is 0 Å². The third kappa shape index (κ3) is 3.46. The Morgan fingerprint density at radius 2 is 1.22 bits per heavy atom. The summed E-state index contributed by atoms with van der Waals surface area (Å²) >= 11 is 7.30. The minimum atomic E-state index is -0.302. The first-order valence-electron chi connectivity index (χ1n) is 7.71. The molecule has 0 heterocycles. The highest BCUT2D eigenvalue weighted by Gasteiger charge is 2.29. The molecule has 0 radical (unpaired) electrons. The quantitative estimate of drug-likeness (QED) is 0.404. The second kappa shape index (κ2) is 7.31. The van der Waals surface area contributed by atoms with Gasteiger partial charge in [-0.05, 0) is 68.0 Å². The maximum atomic E-state index is 13.1. The molecule has 0 bridgehead atoms. The van der Waals surface area contributed by atoms with Crippen LogP contribution >= 0.6 is 31.9 Å². The molecule has 2 atom stereocenters. The molecule has 2 aromatic carbocycles. The van der Waals surface area contributed by atoms with E-state index in [1.165, 1.54) is 16.7 Å². The van der Waals surface area contributed by atoms with Crippen LogP contribution in [0, 0.1) is 34.6 Å². The standard InChI is InChI=1S/C20H22Br2O/c1-11-12(2)14(4)17(15(5)13(11)3)20(23)19(22)18(21)16-9-7-6-8-10-16/h6-10,18-19H,1-5H3/t18-,19-/m0/s1. The summed E-state index contributed by atoms with van der Waals surface area (Å²) in [6, 6.07) is 10.0. The Kier molecular flexibility index (Phi) is 5.85. The molecule has 0 amide bonds. The molecule has 2 aromatic rings. The van der Waals surface area contributed by atoms with Crippen LogP contribution in [-0.4, -0.2) is 10.6 Å². The first kappa shape index (κ1) is 18.4. The number of carbonyl (C=O) groups excluding carboxylic acids is 1. The number of hydrogen-bond donors (Lipinski definition) is 0. The van der Waals surface area contributed by atoms with Crippen LogP contribution in [0.25, 0.3) is 0 Å². The highest BCUT2D eigenvalue weighted by Crippen LogP contribution is 2.36. The maximum absolute atomic E-state index is 13.1. The summed E-state index contributed by atoms with van der Waals surface area (Å²) in [5, 5.41) is 0. The van der Waals surface area contributed by atoms with Crippen LogP contribution in [0.15, 0.2) is 30.3 Å². The zero-order valence-electron chi connectivity index (χ0n) is 14.2. The molecular formula is C20H22Br2O. The lowest BCUT2D eigenvalue weighted by molar-refractivity contribution is 0.0989. The van der Waals surface area contributed by atoms with Crippen molar-refractivity contribution in [3.8, 4) is 0 Å². The number of carbonyl (C=O) groups is 1. The Balaban J connectivity index is 2.45. The zero-order chi connectivity index (χ0) is 17.3. The second-order valence-corrected chi connectivity index (χ2v) is 8.05. The smallest absolute Gasteiger partial charge is 0.178 e. The fourth-order valence-electron chi connectivity index (χ4n) is 2.95. The Hall–Kier alpha value is -0.930. The van der Waals surface area contributed by atoms with Crippen LogP contribution in [0.4, 0.5) is 0 Å². The van der Waals surface area contributed by atoms with Crippen LogP contribution in [-0.2, 0) is 0 Å². The minimum absolute atomic E-state index is 0.0584. The van der Waals surface area contributed by atoms with Crippen LogP contribution < -0.4 is 0 Å². The largest absolute Gasteiger partial charge is 0.293 e. The van der Waals surface area contributed by atoms with Crippen molar-refractivity contribution < 1.29 is 4.79 Å². The average molecular weight is 438 g/mol. The monoisotopic (exact) mass is 436 g/mol. The molecule has 0 saturated heterocycles. The first-order chi connectivity index (χ1) is 10.8. The molecule has 0 aliphatic rings. The molecule has 0 N–H and O–H groups in total. The van der Waals surface area contributed by atoms with E-state index < -0.39 is 0 Å². The molecule has 0 aromatic heterocycles. The highest BCUT2D eigenvalue weighted by atomic mass is 79.9. The molecule has 0 unspecified atom stereocenters. The fraction of sp³-hybridized carbons (Fsp3) is 0.350. The molecule has 1 nitrogen and oxygen atoms in total. The molecule has 3 heteroatoms. The minimum Gasteiger partial charge on any atom is -0.293 e. The Bertz CT molecular complexity index is 706. The summed E-state index contributed by atoms with van der Waals surface area (Å²) in [5.41, 5.74) is 7.83. The van der Waals surface area contributed by atoms with Crippen molar-refractivity contribution in [2.75, 3.05) is 0 Å². The van der Waals surface area contributed by atoms with E-state index in [-0.39, 0.29) is 15.4 Å². The van der Waals surface area contributed by atoms with Crippen molar-refractivity contribution in [1.29, 1.82) is 0 Å². The first-order valence-corrected chi connectivity index (χ1v) is 9.54. The SMILES string of the molecule is Cc1c(C)c(C)c(C(=O)[C@@H](Br)[C@@H](Br)c2ccccc2)c(C)c1C. The van der Waals surface area contributed by atoms with Gasteiger partial charge in [-0.25, -0.2) is 0 Å². The Morgan fingerprint density at radius 1 is 0.783 bits per heavy atom. The molecule has 0 spiro atoms. The van der Waals surface area contributed by atoms with E-state index in [1.54, 1.807) is 0 Å². The van der Waals surface area contributed by atoms with Gasteiger partial charge in [0.1, 0.15) is 0 Å². The van der Waals surface area contributed by atoms with Gasteiger partial charge in [-0.2, -0.15) is 0 Å². The van der Waals surface area contributed by atoms with E-state index in [9.17, 15) is 4.79 Å². The third-order valence-corrected chi connectivity index (χ3v) is 7.58. The number of Topliss-reactive ketones (excluding diaryl/α,β-unsaturated/α-hetero) is 1. The number of hydrogen-bond acceptors (Lipinski definition) is 1. The van der Waals surface area contributed by atoms with E-state index >= 15 is 0 Å². The topological polar surface area (TPSA) is 17.1 Å². The van der Waals surface area contributed by atoms with Crippen molar-refractivity contribution in [1.82, 2.24) is 0 Å². The van der Waals surface area contributed by atoms with Gasteiger partial charge in [0.15, 0.2) is 5.78 Å². The van der Waals surface area contributed by atoms with Crippen LogP contribution in [0.2, 0.25) is 0 Å². The van der Waals surface area contributed by atoms with E-state index in [0.29, 0.717) is 0 Å². The lowest BCUT2D eigenvalue weighted by atomic mass is 9.86. The molecule has 23 heavy (non-hydrogen) atoms. The van der Waals surface area contributed by atoms with Gasteiger partial charge in [0, 0.05) is 5.56 Å². The average Bonchev–Trinajstić information content (AvgIpc) is 2.57. The van der Waals surface area contributed by atoms with Crippen molar-refractivity contribution in [3.63, 3.8) is 0 Å². The van der Waals surface area contributed by atoms with Gasteiger partial charge < -0.3 is 0 Å². The van der Waals surface area contributed by atoms with Gasteiger partial charge >= 0.3 is 0 Å². The summed E-state index contributed by atoms with van der Waals surface area (Å²) in [6.45, 7) is 10.4. The lowest BCUT2D eigenvalue weighted by Gasteiger charge is -2.22. The fourth-order valence-corrected chi connectivity index (χ4v) is 4.03. The van der Waals surface area contributed by atoms with Gasteiger partial charge in [-0.3, -0.25) is 4.79 Å². The van der Waals surface area contributed by atoms with Crippen LogP contribution in [0.5, 0.6) is 0 Å². The number of benzene rings is 2. The second-order valence-electron chi connectivity index (χ2n) is 6.08. The summed E-state index contributed by atoms with van der Waals surface area (Å²) in [7, 11) is 0. The number of halogens is 2. The third-order valence-electron chi connectivity index (χ3n) is 4.87. The van der Waals surface area contributed by atoms with E-state index in [2.05, 4.69) is 52.6 Å². The van der Waals surface area contributed by atoms with Crippen molar-refractivity contribution in [2.45, 2.75) is 44.3 Å². The molecule has 122 valence electrons. The molecular weight excluding hydrogens is 416 g/mol. The van der Waals surface area contributed by atoms with Gasteiger partial charge in [-0.1, -0.05) is 62.2 Å². The van der Waals surface area contributed by atoms with E-state index in [0.717, 1.165) is 22.3 Å². The number of rotatable bonds is 4. The van der Waals surface area contributed by atoms with Crippen molar-refractivity contribution >= 4 is 37.6 Å². The molecule has 0 saturated carbocycles. The molecule has 0 fully saturated rings. The summed E-state index contributed by atoms with van der Waals surface area (Å²) in [4.78, 5) is 12.8. The highest BCUT2D eigenvalue weighted by molar-refractivity contribution is 9.12. The zero-order valence-corrected chi connectivity index (χ0v) is 17.4. The van der Waals surface area contributed by atoms with Gasteiger partial charge in [0.2, 0.25) is 0 Å². The van der Waals surface area contributed by atoms with Crippen LogP contribution in [0.3, 0.4) is 0 Å². The molecule has 0 aliphatic carbocycles.